The van der Waals surface area contributed by atoms with E-state index in [1.807, 2.05) is 43.4 Å². The van der Waals surface area contributed by atoms with Gasteiger partial charge in [-0.1, -0.05) is 6.07 Å². The summed E-state index contributed by atoms with van der Waals surface area (Å²) in [6.45, 7) is 3.12. The van der Waals surface area contributed by atoms with Gasteiger partial charge in [-0.3, -0.25) is 9.59 Å². The number of Topliss-reactive ketones (excluding diaryl/α,β-unsaturated/α-hetero) is 1. The molecule has 1 atom stereocenters. The fraction of sp³-hybridized carbons (Fsp3) is 0.364. The number of aliphatic hydroxyl groups is 1. The Morgan fingerprint density at radius 3 is 2.62 bits per heavy atom. The summed E-state index contributed by atoms with van der Waals surface area (Å²) in [7, 11) is 5.52. The zero-order valence-corrected chi connectivity index (χ0v) is 18.0. The Morgan fingerprint density at radius 1 is 1.28 bits per heavy atom. The summed E-state index contributed by atoms with van der Waals surface area (Å²) in [4.78, 5) is 30.2. The SMILES string of the molecule is COc1ccc(C(O)=C2C(=O)C(=O)N(CCCN(C)C)[C@H]2c2cccs2)cc1C. The Hall–Kier alpha value is -2.64. The first kappa shape index (κ1) is 21.1. The summed E-state index contributed by atoms with van der Waals surface area (Å²) in [5.74, 6) is -0.656. The Labute approximate surface area is 175 Å². The van der Waals surface area contributed by atoms with Gasteiger partial charge >= 0.3 is 0 Å². The molecule has 1 N–H and O–H groups in total. The van der Waals surface area contributed by atoms with E-state index >= 15 is 0 Å². The molecule has 0 bridgehead atoms. The summed E-state index contributed by atoms with van der Waals surface area (Å²) in [6, 6.07) is 8.42. The first-order valence-corrected chi connectivity index (χ1v) is 10.3. The van der Waals surface area contributed by atoms with E-state index in [1.54, 1.807) is 30.2 Å². The number of hydrogen-bond acceptors (Lipinski definition) is 6. The van der Waals surface area contributed by atoms with Crippen LogP contribution in [0.2, 0.25) is 0 Å². The Bertz CT molecular complexity index is 934. The monoisotopic (exact) mass is 414 g/mol. The number of ether oxygens (including phenoxy) is 1. The van der Waals surface area contributed by atoms with E-state index in [-0.39, 0.29) is 11.3 Å². The number of thiophene rings is 1. The molecule has 1 aliphatic heterocycles. The minimum absolute atomic E-state index is 0.145. The molecule has 1 aromatic heterocycles. The third-order valence-corrected chi connectivity index (χ3v) is 5.95. The molecule has 7 heteroatoms. The van der Waals surface area contributed by atoms with Crippen LogP contribution in [0, 0.1) is 6.92 Å². The first-order valence-electron chi connectivity index (χ1n) is 9.46. The molecule has 2 aromatic rings. The maximum Gasteiger partial charge on any atom is 0.295 e. The van der Waals surface area contributed by atoms with Crippen molar-refractivity contribution in [2.24, 2.45) is 0 Å². The summed E-state index contributed by atoms with van der Waals surface area (Å²) in [6.07, 6.45) is 0.740. The van der Waals surface area contributed by atoms with Crippen LogP contribution in [0.3, 0.4) is 0 Å². The van der Waals surface area contributed by atoms with Crippen LogP contribution in [-0.2, 0) is 9.59 Å². The zero-order chi connectivity index (χ0) is 21.1. The lowest BCUT2D eigenvalue weighted by Gasteiger charge is -2.24. The predicted octanol–water partition coefficient (Wildman–Crippen LogP) is 3.44. The molecule has 0 unspecified atom stereocenters. The van der Waals surface area contributed by atoms with E-state index in [1.165, 1.54) is 11.3 Å². The molecule has 1 aliphatic rings. The van der Waals surface area contributed by atoms with Gasteiger partial charge < -0.3 is 19.6 Å². The minimum atomic E-state index is -0.640. The second-order valence-corrected chi connectivity index (χ2v) is 8.33. The van der Waals surface area contributed by atoms with E-state index in [9.17, 15) is 14.7 Å². The van der Waals surface area contributed by atoms with Gasteiger partial charge in [-0.05, 0) is 69.2 Å². The van der Waals surface area contributed by atoms with Crippen LogP contribution in [0.15, 0.2) is 41.3 Å². The maximum absolute atomic E-state index is 12.9. The number of amides is 1. The van der Waals surface area contributed by atoms with Crippen molar-refractivity contribution in [3.05, 3.63) is 57.3 Å². The molecule has 0 radical (unpaired) electrons. The topological polar surface area (TPSA) is 70.1 Å². The van der Waals surface area contributed by atoms with Crippen LogP contribution in [0.5, 0.6) is 5.75 Å². The van der Waals surface area contributed by atoms with Gasteiger partial charge in [-0.2, -0.15) is 0 Å². The summed E-state index contributed by atoms with van der Waals surface area (Å²) in [5.41, 5.74) is 1.48. The number of ketones is 1. The zero-order valence-electron chi connectivity index (χ0n) is 17.1. The van der Waals surface area contributed by atoms with Crippen LogP contribution >= 0.6 is 11.3 Å². The minimum Gasteiger partial charge on any atom is -0.507 e. The summed E-state index contributed by atoms with van der Waals surface area (Å²) < 4.78 is 5.27. The third-order valence-electron chi connectivity index (χ3n) is 5.03. The van der Waals surface area contributed by atoms with Crippen molar-refractivity contribution in [3.63, 3.8) is 0 Å². The van der Waals surface area contributed by atoms with Crippen molar-refractivity contribution in [1.29, 1.82) is 0 Å². The van der Waals surface area contributed by atoms with E-state index < -0.39 is 17.7 Å². The van der Waals surface area contributed by atoms with Crippen LogP contribution in [0.4, 0.5) is 0 Å². The van der Waals surface area contributed by atoms with Crippen molar-refractivity contribution in [2.45, 2.75) is 19.4 Å². The van der Waals surface area contributed by atoms with E-state index in [0.717, 1.165) is 23.4 Å². The van der Waals surface area contributed by atoms with Crippen molar-refractivity contribution in [3.8, 4) is 5.75 Å². The lowest BCUT2D eigenvalue weighted by Crippen LogP contribution is -2.32. The Balaban J connectivity index is 2.05. The molecule has 0 aliphatic carbocycles. The second kappa shape index (κ2) is 8.80. The average Bonchev–Trinajstić information content (AvgIpc) is 3.29. The molecule has 1 amide bonds. The average molecular weight is 415 g/mol. The largest absolute Gasteiger partial charge is 0.507 e. The highest BCUT2D eigenvalue weighted by molar-refractivity contribution is 7.10. The van der Waals surface area contributed by atoms with Crippen molar-refractivity contribution < 1.29 is 19.4 Å². The molecule has 1 aromatic carbocycles. The summed E-state index contributed by atoms with van der Waals surface area (Å²) in [5, 5.41) is 12.9. The molecule has 29 heavy (non-hydrogen) atoms. The number of hydrogen-bond donors (Lipinski definition) is 1. The van der Waals surface area contributed by atoms with Crippen LogP contribution in [-0.4, -0.2) is 60.9 Å². The summed E-state index contributed by atoms with van der Waals surface area (Å²) >= 11 is 1.47. The van der Waals surface area contributed by atoms with Crippen LogP contribution in [0.1, 0.15) is 28.5 Å². The van der Waals surface area contributed by atoms with Crippen molar-refractivity contribution in [2.75, 3.05) is 34.3 Å². The molecule has 2 heterocycles. The van der Waals surface area contributed by atoms with Crippen molar-refractivity contribution >= 4 is 28.8 Å². The van der Waals surface area contributed by atoms with Crippen LogP contribution in [0.25, 0.3) is 5.76 Å². The normalized spacial score (nSPS) is 18.7. The third kappa shape index (κ3) is 4.21. The van der Waals surface area contributed by atoms with E-state index in [2.05, 4.69) is 0 Å². The molecular weight excluding hydrogens is 388 g/mol. The van der Waals surface area contributed by atoms with Gasteiger partial charge in [0.25, 0.3) is 11.7 Å². The van der Waals surface area contributed by atoms with Gasteiger partial charge in [0, 0.05) is 17.0 Å². The first-order chi connectivity index (χ1) is 13.8. The highest BCUT2D eigenvalue weighted by atomic mass is 32.1. The molecule has 1 saturated heterocycles. The van der Waals surface area contributed by atoms with Gasteiger partial charge in [0.05, 0.1) is 18.7 Å². The molecule has 3 rings (SSSR count). The molecule has 0 saturated carbocycles. The van der Waals surface area contributed by atoms with Gasteiger partial charge in [-0.15, -0.1) is 11.3 Å². The molecular formula is C22H26N2O4S. The molecule has 154 valence electrons. The molecule has 6 nitrogen and oxygen atoms in total. The number of rotatable bonds is 7. The lowest BCUT2D eigenvalue weighted by atomic mass is 9.98. The fourth-order valence-corrected chi connectivity index (χ4v) is 4.44. The van der Waals surface area contributed by atoms with Gasteiger partial charge in [0.15, 0.2) is 0 Å². The quantitative estimate of drug-likeness (QED) is 0.427. The lowest BCUT2D eigenvalue weighted by molar-refractivity contribution is -0.139. The smallest absolute Gasteiger partial charge is 0.295 e. The number of aryl methyl sites for hydroxylation is 1. The maximum atomic E-state index is 12.9. The number of benzene rings is 1. The number of carbonyl (C=O) groups is 2. The second-order valence-electron chi connectivity index (χ2n) is 7.35. The highest BCUT2D eigenvalue weighted by Crippen LogP contribution is 2.41. The highest BCUT2D eigenvalue weighted by Gasteiger charge is 2.46. The van der Waals surface area contributed by atoms with Crippen LogP contribution < -0.4 is 4.74 Å². The predicted molar refractivity (Wildman–Crippen MR) is 114 cm³/mol. The number of carbonyl (C=O) groups excluding carboxylic acids is 2. The van der Waals surface area contributed by atoms with Gasteiger partial charge in [0.1, 0.15) is 11.5 Å². The fourth-order valence-electron chi connectivity index (χ4n) is 3.59. The molecule has 0 spiro atoms. The standard InChI is InChI=1S/C22H26N2O4S/c1-14-13-15(8-9-16(14)28-4)20(25)18-19(17-7-5-12-29-17)24(22(27)21(18)26)11-6-10-23(2)3/h5,7-9,12-13,19,25H,6,10-11H2,1-4H3/t19-/m0/s1. The van der Waals surface area contributed by atoms with Gasteiger partial charge in [0.2, 0.25) is 0 Å². The Morgan fingerprint density at radius 2 is 2.03 bits per heavy atom. The number of likely N-dealkylation sites (tertiary alicyclic amines) is 1. The number of nitrogens with zero attached hydrogens (tertiary/aromatic N) is 2. The molecule has 1 fully saturated rings. The van der Waals surface area contributed by atoms with E-state index in [4.69, 9.17) is 4.74 Å². The Kier molecular flexibility index (Phi) is 6.39. The van der Waals surface area contributed by atoms with Gasteiger partial charge in [-0.25, -0.2) is 0 Å². The number of methoxy groups -OCH3 is 1. The van der Waals surface area contributed by atoms with E-state index in [0.29, 0.717) is 17.9 Å². The van der Waals surface area contributed by atoms with Crippen molar-refractivity contribution in [1.82, 2.24) is 9.80 Å². The number of aliphatic hydroxyl groups excluding tert-OH is 1.